The third kappa shape index (κ3) is 3.94. The molecule has 1 heterocycles. The van der Waals surface area contributed by atoms with Gasteiger partial charge in [0.15, 0.2) is 5.11 Å². The number of halogens is 1. The lowest BCUT2D eigenvalue weighted by molar-refractivity contribution is -0.119. The minimum atomic E-state index is -0.404. The lowest BCUT2D eigenvalue weighted by Gasteiger charge is -2.09. The third-order valence-electron chi connectivity index (χ3n) is 2.76. The molecule has 22 heavy (non-hydrogen) atoms. The van der Waals surface area contributed by atoms with Crippen LogP contribution in [0.15, 0.2) is 24.3 Å². The fourth-order valence-corrected chi connectivity index (χ4v) is 3.35. The van der Waals surface area contributed by atoms with E-state index in [2.05, 4.69) is 16.2 Å². The highest BCUT2D eigenvalue weighted by atomic mass is 35.5. The number of hydrogen-bond donors (Lipinski definition) is 3. The molecule has 0 aliphatic carbocycles. The van der Waals surface area contributed by atoms with Gasteiger partial charge in [0, 0.05) is 16.5 Å². The van der Waals surface area contributed by atoms with Crippen molar-refractivity contribution in [3.8, 4) is 0 Å². The first-order valence-electron chi connectivity index (χ1n) is 6.60. The van der Waals surface area contributed by atoms with Crippen LogP contribution in [0.1, 0.15) is 29.4 Å². The summed E-state index contributed by atoms with van der Waals surface area (Å²) in [4.78, 5) is 23.9. The van der Waals surface area contributed by atoms with E-state index in [1.807, 2.05) is 31.2 Å². The van der Waals surface area contributed by atoms with Crippen LogP contribution in [0.3, 0.4) is 0 Å². The van der Waals surface area contributed by atoms with Crippen molar-refractivity contribution in [3.63, 3.8) is 0 Å². The number of hydrazine groups is 1. The Bertz CT molecular complexity index is 730. The van der Waals surface area contributed by atoms with Crippen LogP contribution in [-0.2, 0) is 4.79 Å². The number of fused-ring (bicyclic) bond motifs is 1. The molecule has 116 valence electrons. The number of thiophene rings is 1. The number of carbonyl (C=O) groups excluding carboxylic acids is 2. The second kappa shape index (κ2) is 7.53. The lowest BCUT2D eigenvalue weighted by Crippen LogP contribution is -2.48. The highest BCUT2D eigenvalue weighted by Gasteiger charge is 2.17. The Kier molecular flexibility index (Phi) is 5.70. The van der Waals surface area contributed by atoms with E-state index in [1.54, 1.807) is 0 Å². The van der Waals surface area contributed by atoms with Crippen molar-refractivity contribution in [2.75, 3.05) is 0 Å². The average Bonchev–Trinajstić information content (AvgIpc) is 2.83. The van der Waals surface area contributed by atoms with Gasteiger partial charge < -0.3 is 5.32 Å². The van der Waals surface area contributed by atoms with Gasteiger partial charge in [-0.2, -0.15) is 0 Å². The molecule has 1 aromatic heterocycles. The summed E-state index contributed by atoms with van der Waals surface area (Å²) < 4.78 is 0.927. The molecule has 0 aliphatic rings. The number of carbonyl (C=O) groups is 2. The second-order valence-corrected chi connectivity index (χ2v) is 6.29. The minimum Gasteiger partial charge on any atom is -0.302 e. The summed E-state index contributed by atoms with van der Waals surface area (Å²) in [6, 6.07) is 7.49. The number of hydrogen-bond acceptors (Lipinski definition) is 4. The van der Waals surface area contributed by atoms with Gasteiger partial charge in [-0.25, -0.2) is 0 Å². The van der Waals surface area contributed by atoms with Gasteiger partial charge in [0.2, 0.25) is 5.91 Å². The molecule has 0 radical (unpaired) electrons. The van der Waals surface area contributed by atoms with Crippen molar-refractivity contribution >= 4 is 62.2 Å². The van der Waals surface area contributed by atoms with Gasteiger partial charge in [-0.15, -0.1) is 11.3 Å². The summed E-state index contributed by atoms with van der Waals surface area (Å²) >= 11 is 12.4. The maximum absolute atomic E-state index is 12.1. The summed E-state index contributed by atoms with van der Waals surface area (Å²) in [7, 11) is 0. The summed E-state index contributed by atoms with van der Waals surface area (Å²) in [6.07, 6.45) is 1.09. The van der Waals surface area contributed by atoms with Gasteiger partial charge in [-0.3, -0.25) is 20.4 Å². The van der Waals surface area contributed by atoms with E-state index in [-0.39, 0.29) is 11.0 Å². The maximum atomic E-state index is 12.1. The predicted molar refractivity (Wildman–Crippen MR) is 93.1 cm³/mol. The van der Waals surface area contributed by atoms with Crippen LogP contribution in [0.25, 0.3) is 10.1 Å². The predicted octanol–water partition coefficient (Wildman–Crippen LogP) is 2.99. The average molecular weight is 356 g/mol. The van der Waals surface area contributed by atoms with E-state index in [0.29, 0.717) is 16.3 Å². The largest absolute Gasteiger partial charge is 0.302 e. The van der Waals surface area contributed by atoms with Crippen molar-refractivity contribution in [2.45, 2.75) is 19.8 Å². The molecule has 3 N–H and O–H groups in total. The van der Waals surface area contributed by atoms with E-state index in [4.69, 9.17) is 23.8 Å². The molecule has 0 spiro atoms. The van der Waals surface area contributed by atoms with Crippen LogP contribution in [0.5, 0.6) is 0 Å². The number of benzene rings is 1. The van der Waals surface area contributed by atoms with Crippen LogP contribution in [0, 0.1) is 0 Å². The van der Waals surface area contributed by atoms with Crippen molar-refractivity contribution in [2.24, 2.45) is 0 Å². The maximum Gasteiger partial charge on any atom is 0.281 e. The van der Waals surface area contributed by atoms with Gasteiger partial charge in [0.1, 0.15) is 4.88 Å². The molecule has 0 saturated heterocycles. The highest BCUT2D eigenvalue weighted by Crippen LogP contribution is 2.34. The molecule has 1 aromatic carbocycles. The van der Waals surface area contributed by atoms with E-state index in [9.17, 15) is 9.59 Å². The number of thiocarbonyl (C=S) groups is 1. The van der Waals surface area contributed by atoms with Crippen molar-refractivity contribution in [1.82, 2.24) is 16.2 Å². The molecular weight excluding hydrogens is 342 g/mol. The Morgan fingerprint density at radius 1 is 1.27 bits per heavy atom. The first kappa shape index (κ1) is 16.7. The summed E-state index contributed by atoms with van der Waals surface area (Å²) in [6.45, 7) is 1.89. The molecule has 8 heteroatoms. The summed E-state index contributed by atoms with van der Waals surface area (Å²) in [5.41, 5.74) is 4.92. The zero-order chi connectivity index (χ0) is 16.1. The van der Waals surface area contributed by atoms with Crippen molar-refractivity contribution in [1.29, 1.82) is 0 Å². The topological polar surface area (TPSA) is 70.2 Å². The monoisotopic (exact) mass is 355 g/mol. The van der Waals surface area contributed by atoms with E-state index in [0.717, 1.165) is 16.5 Å². The Hall–Kier alpha value is -1.70. The molecule has 2 amide bonds. The first-order valence-corrected chi connectivity index (χ1v) is 8.20. The minimum absolute atomic E-state index is 0.0454. The molecule has 2 rings (SSSR count). The molecule has 0 unspecified atom stereocenters. The SMILES string of the molecule is CCCC(=O)NC(=S)NNC(=O)c1sc2ccccc2c1Cl. The van der Waals surface area contributed by atoms with E-state index in [1.165, 1.54) is 11.3 Å². The van der Waals surface area contributed by atoms with Crippen molar-refractivity contribution in [3.05, 3.63) is 34.2 Å². The molecule has 0 atom stereocenters. The fraction of sp³-hybridized carbons (Fsp3) is 0.214. The fourth-order valence-electron chi connectivity index (χ4n) is 1.78. The van der Waals surface area contributed by atoms with Crippen molar-refractivity contribution < 1.29 is 9.59 Å². The smallest absolute Gasteiger partial charge is 0.281 e. The van der Waals surface area contributed by atoms with Gasteiger partial charge in [-0.1, -0.05) is 36.7 Å². The normalized spacial score (nSPS) is 10.3. The lowest BCUT2D eigenvalue weighted by atomic mass is 10.2. The Morgan fingerprint density at radius 2 is 2.00 bits per heavy atom. The highest BCUT2D eigenvalue weighted by molar-refractivity contribution is 7.80. The van der Waals surface area contributed by atoms with Gasteiger partial charge in [-0.05, 0) is 24.7 Å². The first-order chi connectivity index (χ1) is 10.5. The van der Waals surface area contributed by atoms with Gasteiger partial charge >= 0.3 is 0 Å². The Labute approximate surface area is 142 Å². The molecule has 2 aromatic rings. The van der Waals surface area contributed by atoms with E-state index < -0.39 is 5.91 Å². The Balaban J connectivity index is 1.98. The quantitative estimate of drug-likeness (QED) is 0.584. The van der Waals surface area contributed by atoms with Gasteiger partial charge in [0.05, 0.1) is 5.02 Å². The second-order valence-electron chi connectivity index (χ2n) is 4.45. The summed E-state index contributed by atoms with van der Waals surface area (Å²) in [5, 5.41) is 3.75. The molecular formula is C14H14ClN3O2S2. The zero-order valence-electron chi connectivity index (χ0n) is 11.7. The molecule has 0 bridgehead atoms. The molecule has 0 fully saturated rings. The number of rotatable bonds is 3. The molecule has 0 saturated carbocycles. The summed E-state index contributed by atoms with van der Waals surface area (Å²) in [5.74, 6) is -0.604. The van der Waals surface area contributed by atoms with E-state index >= 15 is 0 Å². The van der Waals surface area contributed by atoms with Crippen LogP contribution in [-0.4, -0.2) is 16.9 Å². The van der Waals surface area contributed by atoms with Crippen LogP contribution in [0.2, 0.25) is 5.02 Å². The number of amides is 2. The van der Waals surface area contributed by atoms with Crippen LogP contribution >= 0.6 is 35.2 Å². The Morgan fingerprint density at radius 3 is 2.68 bits per heavy atom. The van der Waals surface area contributed by atoms with Crippen LogP contribution in [0.4, 0.5) is 0 Å². The number of nitrogens with one attached hydrogen (secondary N) is 3. The standard InChI is InChI=1S/C14H14ClN3O2S2/c1-2-5-10(19)16-14(21)18-17-13(20)12-11(15)8-6-3-4-7-9(8)22-12/h3-4,6-7H,2,5H2,1H3,(H,17,20)(H2,16,18,19,21). The molecule has 5 nitrogen and oxygen atoms in total. The molecule has 0 aliphatic heterocycles. The zero-order valence-corrected chi connectivity index (χ0v) is 14.1. The van der Waals surface area contributed by atoms with Crippen LogP contribution < -0.4 is 16.2 Å². The third-order valence-corrected chi connectivity index (χ3v) is 4.64. The van der Waals surface area contributed by atoms with Gasteiger partial charge in [0.25, 0.3) is 5.91 Å².